The van der Waals surface area contributed by atoms with Crippen LogP contribution in [-0.2, 0) is 0 Å². The maximum atomic E-state index is 11.7. The molecule has 0 fully saturated rings. The van der Waals surface area contributed by atoms with Gasteiger partial charge in [-0.2, -0.15) is 5.10 Å². The second kappa shape index (κ2) is 5.47. The number of nitrogens with one attached hydrogen (secondary N) is 2. The van der Waals surface area contributed by atoms with Crippen molar-refractivity contribution in [3.8, 4) is 16.9 Å². The Hall–Kier alpha value is -3.09. The van der Waals surface area contributed by atoms with Gasteiger partial charge >= 0.3 is 5.69 Å². The third kappa shape index (κ3) is 2.31. The third-order valence-electron chi connectivity index (χ3n) is 4.57. The molecule has 0 atom stereocenters. The van der Waals surface area contributed by atoms with Crippen LogP contribution in [0.1, 0.15) is 30.9 Å². The average molecular weight is 337 g/mol. The van der Waals surface area contributed by atoms with Crippen molar-refractivity contribution in [2.45, 2.75) is 26.7 Å². The van der Waals surface area contributed by atoms with E-state index in [1.807, 2.05) is 25.3 Å². The average Bonchev–Trinajstić information content (AvgIpc) is 3.17. The van der Waals surface area contributed by atoms with Crippen LogP contribution in [0.3, 0.4) is 0 Å². The van der Waals surface area contributed by atoms with Crippen LogP contribution in [0.25, 0.3) is 27.8 Å². The number of H-pyrrole nitrogens is 2. The van der Waals surface area contributed by atoms with E-state index in [1.165, 1.54) is 6.33 Å². The number of fused-ring (bicyclic) bond motifs is 2. The van der Waals surface area contributed by atoms with Crippen LogP contribution in [0.2, 0.25) is 0 Å². The van der Waals surface area contributed by atoms with E-state index < -0.39 is 0 Å². The Morgan fingerprint density at radius 1 is 1.16 bits per heavy atom. The fourth-order valence-electron chi connectivity index (χ4n) is 3.34. The number of imidazole rings is 1. The van der Waals surface area contributed by atoms with Crippen molar-refractivity contribution in [3.05, 3.63) is 46.3 Å². The van der Waals surface area contributed by atoms with Gasteiger partial charge < -0.3 is 14.7 Å². The van der Waals surface area contributed by atoms with Gasteiger partial charge in [0.25, 0.3) is 0 Å². The summed E-state index contributed by atoms with van der Waals surface area (Å²) in [5.41, 5.74) is 6.25. The molecule has 4 rings (SSSR count). The largest absolute Gasteiger partial charge is 0.492 e. The zero-order valence-electron chi connectivity index (χ0n) is 14.5. The lowest BCUT2D eigenvalue weighted by Gasteiger charge is -2.17. The fraction of sp³-hybridized carbons (Fsp3) is 0.278. The monoisotopic (exact) mass is 337 g/mol. The molecule has 1 aromatic carbocycles. The number of nitrogens with zero attached hydrogens (tertiary/aromatic N) is 3. The predicted molar refractivity (Wildman–Crippen MR) is 96.3 cm³/mol. The quantitative estimate of drug-likeness (QED) is 0.601. The Labute approximate surface area is 143 Å². The number of aromatic nitrogens is 5. The molecule has 3 heterocycles. The Balaban J connectivity index is 2.09. The first-order chi connectivity index (χ1) is 12.0. The maximum Gasteiger partial charge on any atom is 0.323 e. The summed E-state index contributed by atoms with van der Waals surface area (Å²) >= 11 is 0. The minimum atomic E-state index is -0.206. The number of benzene rings is 1. The Kier molecular flexibility index (Phi) is 3.38. The summed E-state index contributed by atoms with van der Waals surface area (Å²) in [5.74, 6) is 0.988. The number of hydrogen-bond acceptors (Lipinski definition) is 4. The van der Waals surface area contributed by atoms with Crippen LogP contribution in [0.15, 0.2) is 29.5 Å². The molecule has 0 unspecified atom stereocenters. The van der Waals surface area contributed by atoms with Crippen molar-refractivity contribution in [1.29, 1.82) is 0 Å². The van der Waals surface area contributed by atoms with Crippen LogP contribution < -0.4 is 10.4 Å². The number of hydrogen-bond donors (Lipinski definition) is 2. The zero-order valence-corrected chi connectivity index (χ0v) is 14.5. The normalized spacial score (nSPS) is 11.7. The minimum Gasteiger partial charge on any atom is -0.492 e. The maximum absolute atomic E-state index is 11.7. The van der Waals surface area contributed by atoms with E-state index in [2.05, 4.69) is 33.9 Å². The van der Waals surface area contributed by atoms with E-state index in [1.54, 1.807) is 11.6 Å². The molecule has 0 saturated heterocycles. The van der Waals surface area contributed by atoms with Gasteiger partial charge in [0.1, 0.15) is 6.33 Å². The summed E-state index contributed by atoms with van der Waals surface area (Å²) in [5, 5.41) is 4.26. The molecule has 7 heteroatoms. The van der Waals surface area contributed by atoms with Gasteiger partial charge in [-0.05, 0) is 36.1 Å². The van der Waals surface area contributed by atoms with Gasteiger partial charge in [-0.3, -0.25) is 0 Å². The van der Waals surface area contributed by atoms with Gasteiger partial charge in [-0.15, -0.1) is 0 Å². The number of pyridine rings is 1. The molecule has 4 aromatic rings. The molecule has 0 bridgehead atoms. The third-order valence-corrected chi connectivity index (χ3v) is 4.57. The topological polar surface area (TPSA) is 88.1 Å². The Morgan fingerprint density at radius 3 is 2.56 bits per heavy atom. The molecular formula is C18H19N5O2. The van der Waals surface area contributed by atoms with Crippen molar-refractivity contribution >= 4 is 16.7 Å². The lowest BCUT2D eigenvalue weighted by Crippen LogP contribution is -2.01. The highest BCUT2D eigenvalue weighted by Gasteiger charge is 2.19. The summed E-state index contributed by atoms with van der Waals surface area (Å²) in [6.45, 7) is 6.28. The van der Waals surface area contributed by atoms with E-state index in [9.17, 15) is 4.79 Å². The van der Waals surface area contributed by atoms with E-state index >= 15 is 0 Å². The molecule has 3 aromatic heterocycles. The van der Waals surface area contributed by atoms with E-state index in [0.29, 0.717) is 11.4 Å². The molecule has 0 radical (unpaired) electrons. The highest BCUT2D eigenvalue weighted by molar-refractivity contribution is 5.86. The first kappa shape index (κ1) is 15.4. The Morgan fingerprint density at radius 2 is 1.88 bits per heavy atom. The molecule has 0 aliphatic rings. The second-order valence-electron chi connectivity index (χ2n) is 6.45. The lowest BCUT2D eigenvalue weighted by molar-refractivity contribution is 0.413. The standard InChI is InChI=1S/C18H19N5O2/c1-9(2)11-5-14-15(22-18(24)21-14)6-12(11)13-7-23-17(19-8-20-23)16(25-4)10(13)3/h5-9H,1-4H3,(H2,21,22,24). The van der Waals surface area contributed by atoms with E-state index in [0.717, 1.165) is 33.3 Å². The molecule has 0 spiro atoms. The molecule has 0 amide bonds. The molecular weight excluding hydrogens is 318 g/mol. The summed E-state index contributed by atoms with van der Waals surface area (Å²) in [7, 11) is 1.64. The smallest absolute Gasteiger partial charge is 0.323 e. The van der Waals surface area contributed by atoms with Gasteiger partial charge in [-0.25, -0.2) is 14.3 Å². The van der Waals surface area contributed by atoms with Crippen LogP contribution in [-0.4, -0.2) is 31.7 Å². The summed E-state index contributed by atoms with van der Waals surface area (Å²) in [4.78, 5) is 21.6. The van der Waals surface area contributed by atoms with Crippen molar-refractivity contribution in [3.63, 3.8) is 0 Å². The van der Waals surface area contributed by atoms with Gasteiger partial charge in [0, 0.05) is 17.3 Å². The molecule has 0 aliphatic heterocycles. The van der Waals surface area contributed by atoms with Crippen LogP contribution in [0, 0.1) is 6.92 Å². The van der Waals surface area contributed by atoms with Crippen LogP contribution >= 0.6 is 0 Å². The summed E-state index contributed by atoms with van der Waals surface area (Å²) in [6, 6.07) is 4.04. The summed E-state index contributed by atoms with van der Waals surface area (Å²) in [6.07, 6.45) is 3.47. The van der Waals surface area contributed by atoms with E-state index in [4.69, 9.17) is 4.74 Å². The molecule has 0 aliphatic carbocycles. The fourth-order valence-corrected chi connectivity index (χ4v) is 3.34. The molecule has 128 valence electrons. The molecule has 7 nitrogen and oxygen atoms in total. The Bertz CT molecular complexity index is 1150. The second-order valence-corrected chi connectivity index (χ2v) is 6.45. The van der Waals surface area contributed by atoms with Crippen LogP contribution in [0.4, 0.5) is 0 Å². The zero-order chi connectivity index (χ0) is 17.7. The van der Waals surface area contributed by atoms with Crippen molar-refractivity contribution < 1.29 is 4.74 Å². The van der Waals surface area contributed by atoms with Gasteiger partial charge in [0.05, 0.1) is 18.1 Å². The van der Waals surface area contributed by atoms with Crippen LogP contribution in [0.5, 0.6) is 5.75 Å². The number of aromatic amines is 2. The van der Waals surface area contributed by atoms with Gasteiger partial charge in [-0.1, -0.05) is 13.8 Å². The van der Waals surface area contributed by atoms with Crippen molar-refractivity contribution in [2.75, 3.05) is 7.11 Å². The lowest BCUT2D eigenvalue weighted by atomic mass is 9.90. The molecule has 25 heavy (non-hydrogen) atoms. The first-order valence-corrected chi connectivity index (χ1v) is 8.13. The molecule has 2 N–H and O–H groups in total. The minimum absolute atomic E-state index is 0.206. The number of methoxy groups -OCH3 is 1. The van der Waals surface area contributed by atoms with Crippen molar-refractivity contribution in [1.82, 2.24) is 24.6 Å². The molecule has 0 saturated carbocycles. The number of rotatable bonds is 3. The summed E-state index contributed by atoms with van der Waals surface area (Å²) < 4.78 is 7.30. The van der Waals surface area contributed by atoms with E-state index in [-0.39, 0.29) is 11.6 Å². The first-order valence-electron chi connectivity index (χ1n) is 8.13. The highest BCUT2D eigenvalue weighted by atomic mass is 16.5. The number of ether oxygens (including phenoxy) is 1. The SMILES string of the molecule is COc1c(C)c(-c2cc3[nH]c(=O)[nH]c3cc2C(C)C)cn2ncnc12. The van der Waals surface area contributed by atoms with Crippen molar-refractivity contribution in [2.24, 2.45) is 0 Å². The highest BCUT2D eigenvalue weighted by Crippen LogP contribution is 2.37. The predicted octanol–water partition coefficient (Wildman–Crippen LogP) is 3.01. The van der Waals surface area contributed by atoms with Gasteiger partial charge in [0.2, 0.25) is 0 Å². The van der Waals surface area contributed by atoms with Gasteiger partial charge in [0.15, 0.2) is 11.4 Å².